The van der Waals surface area contributed by atoms with Crippen LogP contribution in [-0.4, -0.2) is 15.9 Å². The van der Waals surface area contributed by atoms with E-state index < -0.39 is 5.91 Å². The van der Waals surface area contributed by atoms with Crippen LogP contribution in [0.15, 0.2) is 24.3 Å². The van der Waals surface area contributed by atoms with Gasteiger partial charge in [0.1, 0.15) is 16.7 Å². The summed E-state index contributed by atoms with van der Waals surface area (Å²) < 4.78 is 5.72. The number of aryl methyl sites for hydroxylation is 1. The van der Waals surface area contributed by atoms with Crippen molar-refractivity contribution in [3.63, 3.8) is 0 Å². The monoisotopic (exact) mass is 305 g/mol. The number of nitrogens with two attached hydrogens (primary N) is 1. The number of primary amides is 1. The molecule has 0 saturated carbocycles. The maximum absolute atomic E-state index is 11.0. The van der Waals surface area contributed by atoms with E-state index in [2.05, 4.69) is 9.97 Å². The van der Waals surface area contributed by atoms with Crippen LogP contribution in [0.3, 0.4) is 0 Å². The highest BCUT2D eigenvalue weighted by atomic mass is 35.5. The summed E-state index contributed by atoms with van der Waals surface area (Å²) in [4.78, 5) is 19.6. The lowest BCUT2D eigenvalue weighted by Gasteiger charge is -2.10. The van der Waals surface area contributed by atoms with E-state index in [-0.39, 0.29) is 0 Å². The smallest absolute Gasteiger partial charge is 0.248 e. The van der Waals surface area contributed by atoms with Crippen molar-refractivity contribution >= 4 is 17.5 Å². The lowest BCUT2D eigenvalue weighted by Crippen LogP contribution is -2.10. The molecule has 0 bridgehead atoms. The minimum absolute atomic E-state index is 0.386. The molecule has 0 aliphatic rings. The fraction of sp³-hybridized carbons (Fsp3) is 0.267. The molecule has 2 aromatic rings. The van der Waals surface area contributed by atoms with Crippen molar-refractivity contribution in [1.82, 2.24) is 9.97 Å². The highest BCUT2D eigenvalue weighted by Gasteiger charge is 2.11. The highest BCUT2D eigenvalue weighted by molar-refractivity contribution is 6.30. The number of aromatic nitrogens is 2. The molecule has 1 amide bonds. The Kier molecular flexibility index (Phi) is 4.75. The molecule has 1 heterocycles. The molecule has 0 aliphatic heterocycles. The molecule has 2 rings (SSSR count). The van der Waals surface area contributed by atoms with Gasteiger partial charge in [-0.1, -0.05) is 18.5 Å². The number of hydrogen-bond acceptors (Lipinski definition) is 4. The van der Waals surface area contributed by atoms with Gasteiger partial charge in [-0.3, -0.25) is 4.79 Å². The van der Waals surface area contributed by atoms with Crippen molar-refractivity contribution < 1.29 is 9.53 Å². The van der Waals surface area contributed by atoms with Crippen molar-refractivity contribution in [2.24, 2.45) is 5.73 Å². The molecule has 2 N–H and O–H groups in total. The van der Waals surface area contributed by atoms with Gasteiger partial charge in [0.2, 0.25) is 11.8 Å². The predicted molar refractivity (Wildman–Crippen MR) is 80.8 cm³/mol. The van der Waals surface area contributed by atoms with Gasteiger partial charge in [0.15, 0.2) is 0 Å². The zero-order valence-electron chi connectivity index (χ0n) is 11.9. The summed E-state index contributed by atoms with van der Waals surface area (Å²) in [5.41, 5.74) is 6.29. The second-order valence-electron chi connectivity index (χ2n) is 4.60. The lowest BCUT2D eigenvalue weighted by atomic mass is 10.2. The largest absolute Gasteiger partial charge is 0.439 e. The van der Waals surface area contributed by atoms with E-state index in [0.717, 1.165) is 12.8 Å². The Morgan fingerprint density at radius 2 is 1.95 bits per heavy atom. The summed E-state index contributed by atoms with van der Waals surface area (Å²) in [5.74, 6) is 1.15. The molecule has 0 atom stereocenters. The van der Waals surface area contributed by atoms with Crippen LogP contribution in [0.25, 0.3) is 0 Å². The van der Waals surface area contributed by atoms with Crippen LogP contribution in [-0.2, 0) is 6.42 Å². The summed E-state index contributed by atoms with van der Waals surface area (Å²) in [6.07, 6.45) is 1.66. The molecule has 0 fully saturated rings. The summed E-state index contributed by atoms with van der Waals surface area (Å²) in [7, 11) is 0. The molecule has 110 valence electrons. The van der Waals surface area contributed by atoms with Crippen LogP contribution < -0.4 is 10.5 Å². The molecule has 5 nitrogen and oxygen atoms in total. The third-order valence-corrected chi connectivity index (χ3v) is 3.28. The van der Waals surface area contributed by atoms with Gasteiger partial charge >= 0.3 is 0 Å². The Morgan fingerprint density at radius 1 is 1.29 bits per heavy atom. The van der Waals surface area contributed by atoms with E-state index >= 15 is 0 Å². The number of benzene rings is 1. The van der Waals surface area contributed by atoms with Gasteiger partial charge in [-0.2, -0.15) is 4.98 Å². The topological polar surface area (TPSA) is 78.1 Å². The van der Waals surface area contributed by atoms with E-state index in [1.807, 2.05) is 6.92 Å². The number of carbonyl (C=O) groups excluding carboxylic acids is 1. The van der Waals surface area contributed by atoms with Crippen molar-refractivity contribution in [3.05, 3.63) is 46.4 Å². The zero-order valence-corrected chi connectivity index (χ0v) is 12.6. The lowest BCUT2D eigenvalue weighted by molar-refractivity contribution is 0.100. The van der Waals surface area contributed by atoms with Gasteiger partial charge in [-0.25, -0.2) is 4.98 Å². The quantitative estimate of drug-likeness (QED) is 0.860. The van der Waals surface area contributed by atoms with Crippen LogP contribution in [0.1, 0.15) is 35.1 Å². The third kappa shape index (κ3) is 3.70. The SMILES string of the molecule is CCCc1nc(Cl)c(C)c(Oc2ccc(C(N)=O)cc2)n1. The molecule has 6 heteroatoms. The van der Waals surface area contributed by atoms with Gasteiger partial charge in [-0.15, -0.1) is 0 Å². The maximum atomic E-state index is 11.0. The maximum Gasteiger partial charge on any atom is 0.248 e. The first-order chi connectivity index (χ1) is 10.0. The average Bonchev–Trinajstić information content (AvgIpc) is 2.45. The normalized spacial score (nSPS) is 10.4. The van der Waals surface area contributed by atoms with Crippen molar-refractivity contribution in [2.45, 2.75) is 26.7 Å². The standard InChI is InChI=1S/C15H16ClN3O2/c1-3-4-12-18-13(16)9(2)15(19-12)21-11-7-5-10(6-8-11)14(17)20/h5-8H,3-4H2,1-2H3,(H2,17,20). The summed E-state index contributed by atoms with van der Waals surface area (Å²) in [5, 5.41) is 0.386. The number of ether oxygens (including phenoxy) is 1. The van der Waals surface area contributed by atoms with Gasteiger partial charge in [0, 0.05) is 17.5 Å². The first-order valence-electron chi connectivity index (χ1n) is 6.62. The molecule has 0 unspecified atom stereocenters. The molecule has 0 spiro atoms. The average molecular weight is 306 g/mol. The van der Waals surface area contributed by atoms with Gasteiger partial charge in [-0.05, 0) is 37.6 Å². The zero-order chi connectivity index (χ0) is 15.4. The number of nitrogens with zero attached hydrogens (tertiary/aromatic N) is 2. The number of halogens is 1. The fourth-order valence-corrected chi connectivity index (χ4v) is 1.92. The van der Waals surface area contributed by atoms with Crippen LogP contribution in [0.4, 0.5) is 0 Å². The molecule has 1 aromatic carbocycles. The number of hydrogen-bond donors (Lipinski definition) is 1. The van der Waals surface area contributed by atoms with Crippen LogP contribution >= 0.6 is 11.6 Å². The number of carbonyl (C=O) groups is 1. The Hall–Kier alpha value is -2.14. The first-order valence-corrected chi connectivity index (χ1v) is 6.99. The Bertz CT molecular complexity index is 657. The van der Waals surface area contributed by atoms with Crippen molar-refractivity contribution in [2.75, 3.05) is 0 Å². The molecule has 1 aromatic heterocycles. The van der Waals surface area contributed by atoms with Gasteiger partial charge < -0.3 is 10.5 Å². The number of rotatable bonds is 5. The van der Waals surface area contributed by atoms with E-state index in [1.165, 1.54) is 0 Å². The highest BCUT2D eigenvalue weighted by Crippen LogP contribution is 2.27. The first kappa shape index (κ1) is 15.3. The summed E-state index contributed by atoms with van der Waals surface area (Å²) in [6, 6.07) is 6.52. The molecule has 0 aliphatic carbocycles. The van der Waals surface area contributed by atoms with E-state index in [4.69, 9.17) is 22.1 Å². The minimum Gasteiger partial charge on any atom is -0.439 e. The molecule has 0 saturated heterocycles. The molecular formula is C15H16ClN3O2. The predicted octanol–water partition coefficient (Wildman–Crippen LogP) is 3.28. The van der Waals surface area contributed by atoms with Gasteiger partial charge in [0.05, 0.1) is 0 Å². The van der Waals surface area contributed by atoms with Crippen LogP contribution in [0, 0.1) is 6.92 Å². The van der Waals surface area contributed by atoms with E-state index in [9.17, 15) is 4.79 Å². The van der Waals surface area contributed by atoms with Gasteiger partial charge in [0.25, 0.3) is 0 Å². The third-order valence-electron chi connectivity index (χ3n) is 2.92. The minimum atomic E-state index is -0.479. The summed E-state index contributed by atoms with van der Waals surface area (Å²) in [6.45, 7) is 3.84. The van der Waals surface area contributed by atoms with Crippen LogP contribution in [0.2, 0.25) is 5.15 Å². The Morgan fingerprint density at radius 3 is 2.52 bits per heavy atom. The summed E-state index contributed by atoms with van der Waals surface area (Å²) >= 11 is 6.10. The Labute approximate surface area is 128 Å². The molecule has 0 radical (unpaired) electrons. The van der Waals surface area contributed by atoms with Crippen LogP contribution in [0.5, 0.6) is 11.6 Å². The van der Waals surface area contributed by atoms with E-state index in [1.54, 1.807) is 31.2 Å². The molecule has 21 heavy (non-hydrogen) atoms. The fourth-order valence-electron chi connectivity index (χ4n) is 1.75. The van der Waals surface area contributed by atoms with E-state index in [0.29, 0.717) is 33.7 Å². The second-order valence-corrected chi connectivity index (χ2v) is 4.96. The Balaban J connectivity index is 2.27. The molecular weight excluding hydrogens is 290 g/mol. The number of amides is 1. The van der Waals surface area contributed by atoms with Crippen molar-refractivity contribution in [1.29, 1.82) is 0 Å². The second kappa shape index (κ2) is 6.54. The van der Waals surface area contributed by atoms with Crippen molar-refractivity contribution in [3.8, 4) is 11.6 Å².